The Morgan fingerprint density at radius 2 is 2.20 bits per heavy atom. The molecular formula is C11H10ClNO2. The summed E-state index contributed by atoms with van der Waals surface area (Å²) in [5.74, 6) is -0.955. The van der Waals surface area contributed by atoms with Crippen LogP contribution in [0.25, 0.3) is 0 Å². The van der Waals surface area contributed by atoms with Crippen LogP contribution < -0.4 is 0 Å². The molecule has 3 nitrogen and oxygen atoms in total. The van der Waals surface area contributed by atoms with E-state index in [0.717, 1.165) is 5.56 Å². The standard InChI is InChI=1S/C11H10ClNO2/c1-2-8-9(5-11(14)15)7(6-13)3-4-10(8)12/h3-4H,2,5H2,1H3,(H,14,15). The fourth-order valence-corrected chi connectivity index (χ4v) is 1.82. The first-order valence-electron chi connectivity index (χ1n) is 4.52. The molecule has 78 valence electrons. The molecule has 0 unspecified atom stereocenters. The van der Waals surface area contributed by atoms with Gasteiger partial charge in [-0.05, 0) is 29.7 Å². The average molecular weight is 224 g/mol. The summed E-state index contributed by atoms with van der Waals surface area (Å²) in [6.07, 6.45) is 0.462. The lowest BCUT2D eigenvalue weighted by Gasteiger charge is -2.09. The predicted octanol–water partition coefficient (Wildman–Crippen LogP) is 2.40. The minimum atomic E-state index is -0.955. The van der Waals surface area contributed by atoms with Crippen LogP contribution in [0.2, 0.25) is 5.02 Å². The minimum Gasteiger partial charge on any atom is -0.481 e. The van der Waals surface area contributed by atoms with Gasteiger partial charge in [0, 0.05) is 5.02 Å². The van der Waals surface area contributed by atoms with Crippen LogP contribution in [-0.2, 0) is 17.6 Å². The molecule has 0 aliphatic rings. The second kappa shape index (κ2) is 4.81. The Balaban J connectivity index is 3.35. The molecule has 1 N–H and O–H groups in total. The van der Waals surface area contributed by atoms with Crippen molar-refractivity contribution in [3.63, 3.8) is 0 Å². The van der Waals surface area contributed by atoms with Crippen molar-refractivity contribution in [2.24, 2.45) is 0 Å². The highest BCUT2D eigenvalue weighted by Crippen LogP contribution is 2.24. The molecule has 0 amide bonds. The van der Waals surface area contributed by atoms with Crippen LogP contribution in [0.4, 0.5) is 0 Å². The summed E-state index contributed by atoms with van der Waals surface area (Å²) in [4.78, 5) is 10.7. The number of benzene rings is 1. The molecule has 1 rings (SSSR count). The number of nitrogens with zero attached hydrogens (tertiary/aromatic N) is 1. The summed E-state index contributed by atoms with van der Waals surface area (Å²) < 4.78 is 0. The zero-order chi connectivity index (χ0) is 11.4. The molecule has 0 aliphatic heterocycles. The third-order valence-corrected chi connectivity index (χ3v) is 2.53. The summed E-state index contributed by atoms with van der Waals surface area (Å²) in [6, 6.07) is 5.17. The predicted molar refractivity (Wildman–Crippen MR) is 56.9 cm³/mol. The Kier molecular flexibility index (Phi) is 3.70. The Hall–Kier alpha value is -1.53. The minimum absolute atomic E-state index is 0.160. The normalized spacial score (nSPS) is 9.67. The highest BCUT2D eigenvalue weighted by molar-refractivity contribution is 6.31. The van der Waals surface area contributed by atoms with Gasteiger partial charge in [0.25, 0.3) is 0 Å². The SMILES string of the molecule is CCc1c(Cl)ccc(C#N)c1CC(=O)O. The third kappa shape index (κ3) is 2.48. The van der Waals surface area contributed by atoms with Gasteiger partial charge < -0.3 is 5.11 Å². The molecule has 0 saturated carbocycles. The zero-order valence-electron chi connectivity index (χ0n) is 8.25. The van der Waals surface area contributed by atoms with Crippen LogP contribution in [0.5, 0.6) is 0 Å². The van der Waals surface area contributed by atoms with Crippen LogP contribution in [0.1, 0.15) is 23.6 Å². The van der Waals surface area contributed by atoms with Gasteiger partial charge in [0.1, 0.15) is 0 Å². The van der Waals surface area contributed by atoms with Gasteiger partial charge in [-0.15, -0.1) is 0 Å². The number of halogens is 1. The molecule has 0 aliphatic carbocycles. The van der Waals surface area contributed by atoms with E-state index in [1.54, 1.807) is 12.1 Å². The Labute approximate surface area is 92.9 Å². The molecule has 15 heavy (non-hydrogen) atoms. The lowest BCUT2D eigenvalue weighted by atomic mass is 9.97. The molecule has 0 spiro atoms. The number of carboxylic acid groups (broad SMARTS) is 1. The molecule has 0 saturated heterocycles. The second-order valence-electron chi connectivity index (χ2n) is 3.09. The number of hydrogen-bond acceptors (Lipinski definition) is 2. The van der Waals surface area contributed by atoms with Crippen molar-refractivity contribution >= 4 is 17.6 Å². The number of carboxylic acids is 1. The van der Waals surface area contributed by atoms with Crippen molar-refractivity contribution in [3.05, 3.63) is 33.8 Å². The second-order valence-corrected chi connectivity index (χ2v) is 3.50. The van der Waals surface area contributed by atoms with Crippen molar-refractivity contribution in [3.8, 4) is 6.07 Å². The van der Waals surface area contributed by atoms with E-state index in [2.05, 4.69) is 0 Å². The molecular weight excluding hydrogens is 214 g/mol. The van der Waals surface area contributed by atoms with E-state index in [4.69, 9.17) is 22.0 Å². The molecule has 1 aromatic carbocycles. The first-order chi connectivity index (χ1) is 7.10. The van der Waals surface area contributed by atoms with Gasteiger partial charge in [-0.2, -0.15) is 5.26 Å². The van der Waals surface area contributed by atoms with Crippen LogP contribution >= 0.6 is 11.6 Å². The third-order valence-electron chi connectivity index (χ3n) is 2.18. The largest absolute Gasteiger partial charge is 0.481 e. The fraction of sp³-hybridized carbons (Fsp3) is 0.273. The van der Waals surface area contributed by atoms with E-state index in [1.165, 1.54) is 0 Å². The van der Waals surface area contributed by atoms with Crippen LogP contribution in [-0.4, -0.2) is 11.1 Å². The van der Waals surface area contributed by atoms with Gasteiger partial charge in [0.05, 0.1) is 18.1 Å². The van der Waals surface area contributed by atoms with E-state index in [1.807, 2.05) is 13.0 Å². The Morgan fingerprint density at radius 1 is 1.53 bits per heavy atom. The monoisotopic (exact) mass is 223 g/mol. The Morgan fingerprint density at radius 3 is 2.67 bits per heavy atom. The van der Waals surface area contributed by atoms with Crippen LogP contribution in [0, 0.1) is 11.3 Å². The fourth-order valence-electron chi connectivity index (χ4n) is 1.50. The summed E-state index contributed by atoms with van der Waals surface area (Å²) >= 11 is 5.94. The molecule has 0 radical (unpaired) electrons. The highest BCUT2D eigenvalue weighted by atomic mass is 35.5. The van der Waals surface area contributed by atoms with E-state index in [9.17, 15) is 4.79 Å². The van der Waals surface area contributed by atoms with Crippen molar-refractivity contribution < 1.29 is 9.90 Å². The number of aliphatic carboxylic acids is 1. The maximum Gasteiger partial charge on any atom is 0.307 e. The average Bonchev–Trinajstić information content (AvgIpc) is 2.18. The van der Waals surface area contributed by atoms with Crippen LogP contribution in [0.15, 0.2) is 12.1 Å². The van der Waals surface area contributed by atoms with Crippen LogP contribution in [0.3, 0.4) is 0 Å². The van der Waals surface area contributed by atoms with E-state index in [0.29, 0.717) is 22.6 Å². The molecule has 1 aromatic rings. The van der Waals surface area contributed by atoms with E-state index in [-0.39, 0.29) is 6.42 Å². The molecule has 0 bridgehead atoms. The summed E-state index contributed by atoms with van der Waals surface area (Å²) in [6.45, 7) is 1.88. The van der Waals surface area contributed by atoms with Gasteiger partial charge in [0.2, 0.25) is 0 Å². The summed E-state index contributed by atoms with van der Waals surface area (Å²) in [7, 11) is 0. The first kappa shape index (κ1) is 11.5. The van der Waals surface area contributed by atoms with Crippen molar-refractivity contribution in [1.29, 1.82) is 5.26 Å². The summed E-state index contributed by atoms with van der Waals surface area (Å²) in [5.41, 5.74) is 1.66. The zero-order valence-corrected chi connectivity index (χ0v) is 9.01. The van der Waals surface area contributed by atoms with Gasteiger partial charge in [-0.3, -0.25) is 4.79 Å². The number of carbonyl (C=O) groups is 1. The van der Waals surface area contributed by atoms with Gasteiger partial charge in [-0.25, -0.2) is 0 Å². The van der Waals surface area contributed by atoms with Gasteiger partial charge in [-0.1, -0.05) is 18.5 Å². The number of nitriles is 1. The number of rotatable bonds is 3. The van der Waals surface area contributed by atoms with E-state index < -0.39 is 5.97 Å². The maximum absolute atomic E-state index is 10.7. The lowest BCUT2D eigenvalue weighted by Crippen LogP contribution is -2.06. The van der Waals surface area contributed by atoms with Gasteiger partial charge in [0.15, 0.2) is 0 Å². The van der Waals surface area contributed by atoms with Crippen molar-refractivity contribution in [2.45, 2.75) is 19.8 Å². The summed E-state index contributed by atoms with van der Waals surface area (Å²) in [5, 5.41) is 18.1. The topological polar surface area (TPSA) is 61.1 Å². The molecule has 0 aromatic heterocycles. The van der Waals surface area contributed by atoms with Crippen molar-refractivity contribution in [2.75, 3.05) is 0 Å². The van der Waals surface area contributed by atoms with E-state index >= 15 is 0 Å². The maximum atomic E-state index is 10.7. The molecule has 0 fully saturated rings. The quantitative estimate of drug-likeness (QED) is 0.856. The molecule has 0 atom stereocenters. The Bertz CT molecular complexity index is 435. The van der Waals surface area contributed by atoms with Crippen molar-refractivity contribution in [1.82, 2.24) is 0 Å². The first-order valence-corrected chi connectivity index (χ1v) is 4.90. The highest BCUT2D eigenvalue weighted by Gasteiger charge is 2.13. The molecule has 4 heteroatoms. The smallest absolute Gasteiger partial charge is 0.307 e. The molecule has 0 heterocycles. The lowest BCUT2D eigenvalue weighted by molar-refractivity contribution is -0.136. The van der Waals surface area contributed by atoms with Gasteiger partial charge >= 0.3 is 5.97 Å². The number of hydrogen-bond donors (Lipinski definition) is 1.